The highest BCUT2D eigenvalue weighted by Crippen LogP contribution is 2.32. The van der Waals surface area contributed by atoms with Crippen LogP contribution >= 0.6 is 0 Å². The van der Waals surface area contributed by atoms with Crippen molar-refractivity contribution in [2.24, 2.45) is 0 Å². The van der Waals surface area contributed by atoms with Gasteiger partial charge in [0.2, 0.25) is 5.91 Å². The van der Waals surface area contributed by atoms with Gasteiger partial charge in [-0.05, 0) is 36.5 Å². The third-order valence-corrected chi connectivity index (χ3v) is 4.29. The zero-order valence-corrected chi connectivity index (χ0v) is 13.8. The van der Waals surface area contributed by atoms with Gasteiger partial charge in [0.1, 0.15) is 0 Å². The van der Waals surface area contributed by atoms with E-state index in [0.717, 1.165) is 0 Å². The average molecular weight is 318 g/mol. The monoisotopic (exact) mass is 318 g/mol. The first-order chi connectivity index (χ1) is 11.2. The molecule has 0 spiro atoms. The molecular weight excluding hydrogens is 292 g/mol. The van der Waals surface area contributed by atoms with Crippen LogP contribution in [0.5, 0.6) is 0 Å². The summed E-state index contributed by atoms with van der Waals surface area (Å²) >= 11 is 0. The lowest BCUT2D eigenvalue weighted by molar-refractivity contribution is -0.120. The highest BCUT2D eigenvalue weighted by atomic mass is 16.5. The Morgan fingerprint density at radius 2 is 1.78 bits per heavy atom. The summed E-state index contributed by atoms with van der Waals surface area (Å²) in [5, 5.41) is 5.30. The fourth-order valence-corrected chi connectivity index (χ4v) is 2.96. The predicted octanol–water partition coefficient (Wildman–Crippen LogP) is 2.23. The van der Waals surface area contributed by atoms with Gasteiger partial charge in [0.05, 0.1) is 13.2 Å². The van der Waals surface area contributed by atoms with Crippen molar-refractivity contribution in [2.45, 2.75) is 38.0 Å². The minimum absolute atomic E-state index is 0.0209. The molecule has 2 N–H and O–H groups in total. The van der Waals surface area contributed by atoms with E-state index >= 15 is 0 Å². The van der Waals surface area contributed by atoms with Crippen molar-refractivity contribution in [3.63, 3.8) is 0 Å². The molecule has 1 aliphatic carbocycles. The van der Waals surface area contributed by atoms with E-state index in [0.29, 0.717) is 24.6 Å². The van der Waals surface area contributed by atoms with Crippen LogP contribution in [0.25, 0.3) is 0 Å². The standard InChI is InChI=1S/C18H26N2O3/c1-23-12-11-19-17(21)13-20-18(22)16-9-7-15(8-10-16)14-5-3-2-4-6-14/h7-10,14H,2-6,11-13H2,1H3,(H,19,21)(H,20,22). The zero-order chi connectivity index (χ0) is 16.5. The van der Waals surface area contributed by atoms with E-state index < -0.39 is 0 Å². The van der Waals surface area contributed by atoms with E-state index in [-0.39, 0.29) is 18.4 Å². The van der Waals surface area contributed by atoms with Crippen LogP contribution in [0.3, 0.4) is 0 Å². The normalized spacial score (nSPS) is 15.2. The molecule has 0 atom stereocenters. The van der Waals surface area contributed by atoms with Gasteiger partial charge in [-0.1, -0.05) is 31.4 Å². The number of nitrogens with one attached hydrogen (secondary N) is 2. The maximum atomic E-state index is 12.1. The summed E-state index contributed by atoms with van der Waals surface area (Å²) in [6.45, 7) is 0.885. The molecule has 1 aromatic carbocycles. The molecule has 0 unspecified atom stereocenters. The number of rotatable bonds is 7. The molecule has 2 rings (SSSR count). The van der Waals surface area contributed by atoms with Gasteiger partial charge in [-0.15, -0.1) is 0 Å². The summed E-state index contributed by atoms with van der Waals surface area (Å²) in [7, 11) is 1.57. The molecule has 23 heavy (non-hydrogen) atoms. The molecule has 5 heteroatoms. The lowest BCUT2D eigenvalue weighted by atomic mass is 9.84. The maximum Gasteiger partial charge on any atom is 0.251 e. The fourth-order valence-electron chi connectivity index (χ4n) is 2.96. The molecular formula is C18H26N2O3. The van der Waals surface area contributed by atoms with Crippen molar-refractivity contribution in [1.82, 2.24) is 10.6 Å². The van der Waals surface area contributed by atoms with Crippen molar-refractivity contribution < 1.29 is 14.3 Å². The molecule has 1 saturated carbocycles. The Kier molecular flexibility index (Phi) is 7.07. The largest absolute Gasteiger partial charge is 0.383 e. The van der Waals surface area contributed by atoms with E-state index in [1.807, 2.05) is 24.3 Å². The molecule has 0 aliphatic heterocycles. The molecule has 1 aromatic rings. The first kappa shape index (κ1) is 17.5. The van der Waals surface area contributed by atoms with E-state index in [1.165, 1.54) is 37.7 Å². The minimum atomic E-state index is -0.220. The van der Waals surface area contributed by atoms with E-state index in [9.17, 15) is 9.59 Å². The second-order valence-corrected chi connectivity index (χ2v) is 5.98. The summed E-state index contributed by atoms with van der Waals surface area (Å²) in [5.41, 5.74) is 1.91. The number of hydrogen-bond acceptors (Lipinski definition) is 3. The van der Waals surface area contributed by atoms with Crippen LogP contribution in [-0.4, -0.2) is 38.6 Å². The molecule has 1 fully saturated rings. The minimum Gasteiger partial charge on any atom is -0.383 e. The molecule has 0 aromatic heterocycles. The van der Waals surface area contributed by atoms with Crippen molar-refractivity contribution >= 4 is 11.8 Å². The van der Waals surface area contributed by atoms with Gasteiger partial charge in [0.25, 0.3) is 5.91 Å². The average Bonchev–Trinajstić information content (AvgIpc) is 2.61. The fraction of sp³-hybridized carbons (Fsp3) is 0.556. The van der Waals surface area contributed by atoms with Crippen LogP contribution in [0.15, 0.2) is 24.3 Å². The lowest BCUT2D eigenvalue weighted by Gasteiger charge is -2.22. The Morgan fingerprint density at radius 3 is 2.43 bits per heavy atom. The third kappa shape index (κ3) is 5.67. The number of ether oxygens (including phenoxy) is 1. The lowest BCUT2D eigenvalue weighted by Crippen LogP contribution is -2.38. The topological polar surface area (TPSA) is 67.4 Å². The first-order valence-electron chi connectivity index (χ1n) is 8.34. The number of carbonyl (C=O) groups excluding carboxylic acids is 2. The van der Waals surface area contributed by atoms with Crippen LogP contribution in [0.4, 0.5) is 0 Å². The summed E-state index contributed by atoms with van der Waals surface area (Å²) < 4.78 is 4.85. The van der Waals surface area contributed by atoms with Crippen LogP contribution in [0.1, 0.15) is 53.9 Å². The van der Waals surface area contributed by atoms with Crippen molar-refractivity contribution in [1.29, 1.82) is 0 Å². The Hall–Kier alpha value is -1.88. The molecule has 126 valence electrons. The van der Waals surface area contributed by atoms with Crippen LogP contribution in [-0.2, 0) is 9.53 Å². The summed E-state index contributed by atoms with van der Waals surface area (Å²) in [5.74, 6) is 0.198. The molecule has 0 saturated heterocycles. The summed E-state index contributed by atoms with van der Waals surface area (Å²) in [6, 6.07) is 7.79. The summed E-state index contributed by atoms with van der Waals surface area (Å²) in [6.07, 6.45) is 6.42. The van der Waals surface area contributed by atoms with Gasteiger partial charge >= 0.3 is 0 Å². The second kappa shape index (κ2) is 9.30. The van der Waals surface area contributed by atoms with Crippen molar-refractivity contribution in [3.05, 3.63) is 35.4 Å². The Morgan fingerprint density at radius 1 is 1.09 bits per heavy atom. The van der Waals surface area contributed by atoms with Gasteiger partial charge in [0, 0.05) is 19.2 Å². The van der Waals surface area contributed by atoms with Crippen LogP contribution in [0.2, 0.25) is 0 Å². The van der Waals surface area contributed by atoms with E-state index in [1.54, 1.807) is 7.11 Å². The predicted molar refractivity (Wildman–Crippen MR) is 89.5 cm³/mol. The van der Waals surface area contributed by atoms with Gasteiger partial charge in [0.15, 0.2) is 0 Å². The number of methoxy groups -OCH3 is 1. The number of carbonyl (C=O) groups is 2. The Labute approximate surface area is 137 Å². The quantitative estimate of drug-likeness (QED) is 0.758. The van der Waals surface area contributed by atoms with E-state index in [2.05, 4.69) is 10.6 Å². The van der Waals surface area contributed by atoms with Gasteiger partial charge < -0.3 is 15.4 Å². The maximum absolute atomic E-state index is 12.1. The zero-order valence-electron chi connectivity index (χ0n) is 13.8. The smallest absolute Gasteiger partial charge is 0.251 e. The third-order valence-electron chi connectivity index (χ3n) is 4.29. The molecule has 0 radical (unpaired) electrons. The van der Waals surface area contributed by atoms with Gasteiger partial charge in [-0.3, -0.25) is 9.59 Å². The van der Waals surface area contributed by atoms with Crippen LogP contribution in [0, 0.1) is 0 Å². The first-order valence-corrected chi connectivity index (χ1v) is 8.34. The number of hydrogen-bond donors (Lipinski definition) is 2. The van der Waals surface area contributed by atoms with E-state index in [4.69, 9.17) is 4.74 Å². The SMILES string of the molecule is COCCNC(=O)CNC(=O)c1ccc(C2CCCCC2)cc1. The Bertz CT molecular complexity index is 508. The highest BCUT2D eigenvalue weighted by Gasteiger charge is 2.16. The van der Waals surface area contributed by atoms with Crippen molar-refractivity contribution in [3.8, 4) is 0 Å². The molecule has 0 bridgehead atoms. The van der Waals surface area contributed by atoms with Gasteiger partial charge in [-0.25, -0.2) is 0 Å². The second-order valence-electron chi connectivity index (χ2n) is 5.98. The highest BCUT2D eigenvalue weighted by molar-refractivity contribution is 5.96. The van der Waals surface area contributed by atoms with Crippen LogP contribution < -0.4 is 10.6 Å². The molecule has 2 amide bonds. The Balaban J connectivity index is 1.79. The summed E-state index contributed by atoms with van der Waals surface area (Å²) in [4.78, 5) is 23.6. The molecule has 0 heterocycles. The number of benzene rings is 1. The van der Waals surface area contributed by atoms with Gasteiger partial charge in [-0.2, -0.15) is 0 Å². The molecule has 1 aliphatic rings. The number of amides is 2. The van der Waals surface area contributed by atoms with Crippen molar-refractivity contribution in [2.75, 3.05) is 26.8 Å². The molecule has 5 nitrogen and oxygen atoms in total.